The van der Waals surface area contributed by atoms with Crippen LogP contribution in [0, 0.1) is 10.8 Å². The third-order valence-electron chi connectivity index (χ3n) is 17.6. The van der Waals surface area contributed by atoms with E-state index in [9.17, 15) is 66.4 Å². The van der Waals surface area contributed by atoms with Gasteiger partial charge in [0.25, 0.3) is 0 Å². The molecule has 21 aliphatic rings. The van der Waals surface area contributed by atoms with Crippen molar-refractivity contribution in [2.24, 2.45) is 88.0 Å². The van der Waals surface area contributed by atoms with E-state index in [0.717, 1.165) is 0 Å². The molecule has 21 saturated heterocycles. The summed E-state index contributed by atoms with van der Waals surface area (Å²) in [4.78, 5) is 20.2. The highest BCUT2D eigenvalue weighted by Crippen LogP contribution is 2.41. The van der Waals surface area contributed by atoms with Gasteiger partial charge in [-0.05, 0) is 19.8 Å². The van der Waals surface area contributed by atoms with Gasteiger partial charge in [-0.1, -0.05) is 6.08 Å². The standard InChI is InChI=1S/C55H98N18O28/c1-3-8-87-44-36(86)38-16(5-7-23(59)60)89-51(44)101-43-21(13-73-55(67)68)94-50(35(85)29(43)79)100-40-18(10-70-52(61)62)91-46(31(81)26(40)76)95-37-15(4-6-22(57)58)88-45(30(80)24(37)74)97-39-17(9-69-14(2)56)90-48(33(83)25(39)75)98-42-20(12-72-54(65)66)93-49(34(84)28(42)78)99-41-19(11-71-53(63)64)92-47(96-38)32(82)27(41)77/h3,15-21,24-51,74-86H,1,4-13H2,2H3,(H2,56,69)(H3,57,58)(H3,59,60)(H4,61,62,70)(H4,63,64,71)(H4,65,66,72)(H4,67,68,73). The van der Waals surface area contributed by atoms with Crippen LogP contribution >= 0.6 is 0 Å². The van der Waals surface area contributed by atoms with Crippen molar-refractivity contribution >= 4 is 41.3 Å². The summed E-state index contributed by atoms with van der Waals surface area (Å²) in [6.07, 6.45) is -67.9. The zero-order valence-electron chi connectivity index (χ0n) is 54.6. The number of ether oxygens (including phenoxy) is 15. The minimum Gasteiger partial charge on any atom is -0.388 e. The summed E-state index contributed by atoms with van der Waals surface area (Å²) in [5.74, 6) is -2.98. The summed E-state index contributed by atoms with van der Waals surface area (Å²) in [5.41, 5.74) is 63.4. The Balaban J connectivity index is 1.22. The van der Waals surface area contributed by atoms with E-state index in [1.165, 1.54) is 13.0 Å². The van der Waals surface area contributed by atoms with E-state index < -0.39 is 283 Å². The van der Waals surface area contributed by atoms with E-state index in [0.29, 0.717) is 0 Å². The molecule has 576 valence electrons. The van der Waals surface area contributed by atoms with Crippen molar-refractivity contribution in [3.05, 3.63) is 12.7 Å². The molecule has 35 unspecified atom stereocenters. The second-order valence-corrected chi connectivity index (χ2v) is 25.1. The van der Waals surface area contributed by atoms with Crippen LogP contribution in [0.5, 0.6) is 0 Å². The molecule has 0 spiro atoms. The van der Waals surface area contributed by atoms with Crippen LogP contribution < -0.4 is 63.1 Å². The highest BCUT2D eigenvalue weighted by molar-refractivity contribution is 5.78. The van der Waals surface area contributed by atoms with Gasteiger partial charge in [0.2, 0.25) is 0 Å². The van der Waals surface area contributed by atoms with Gasteiger partial charge in [-0.2, -0.15) is 0 Å². The molecular formula is C55H98N18O28. The van der Waals surface area contributed by atoms with Crippen molar-refractivity contribution in [2.75, 3.05) is 39.3 Å². The Labute approximate surface area is 575 Å². The highest BCUT2D eigenvalue weighted by atomic mass is 16.8. The number of nitrogens with one attached hydrogen (secondary N) is 2. The number of nitrogens with zero attached hydrogens (tertiary/aromatic N) is 5. The topological polar surface area (TPSA) is 797 Å². The van der Waals surface area contributed by atoms with Gasteiger partial charge in [-0.15, -0.1) is 6.58 Å². The molecule has 101 heavy (non-hydrogen) atoms. The lowest BCUT2D eigenvalue weighted by atomic mass is 9.93. The van der Waals surface area contributed by atoms with Crippen molar-refractivity contribution in [1.82, 2.24) is 0 Å². The van der Waals surface area contributed by atoms with Crippen LogP contribution in [0.25, 0.3) is 0 Å². The zero-order chi connectivity index (χ0) is 74.2. The van der Waals surface area contributed by atoms with Gasteiger partial charge in [-0.25, -0.2) is 0 Å². The van der Waals surface area contributed by atoms with Crippen molar-refractivity contribution < 1.29 is 137 Å². The van der Waals surface area contributed by atoms with Gasteiger partial charge < -0.3 is 201 Å². The molecule has 0 saturated carbocycles. The van der Waals surface area contributed by atoms with Crippen LogP contribution in [0.3, 0.4) is 0 Å². The number of guanidine groups is 4. The Morgan fingerprint density at radius 3 is 0.782 bits per heavy atom. The van der Waals surface area contributed by atoms with Crippen LogP contribution in [0.1, 0.15) is 32.6 Å². The first-order chi connectivity index (χ1) is 47.7. The van der Waals surface area contributed by atoms with Gasteiger partial charge in [-0.3, -0.25) is 35.8 Å². The van der Waals surface area contributed by atoms with Gasteiger partial charge in [0.05, 0.1) is 69.0 Å². The molecule has 35 atom stereocenters. The van der Waals surface area contributed by atoms with Gasteiger partial charge in [0.15, 0.2) is 67.9 Å². The zero-order valence-corrected chi connectivity index (χ0v) is 54.6. The maximum Gasteiger partial charge on any atom is 0.187 e. The molecule has 21 rings (SSSR count). The lowest BCUT2D eigenvalue weighted by Crippen LogP contribution is -2.68. The second kappa shape index (κ2) is 35.7. The Morgan fingerprint density at radius 2 is 0.545 bits per heavy atom. The van der Waals surface area contributed by atoms with Gasteiger partial charge in [0, 0.05) is 12.8 Å². The van der Waals surface area contributed by atoms with Gasteiger partial charge >= 0.3 is 0 Å². The third-order valence-corrected chi connectivity index (χ3v) is 17.6. The number of aliphatic imine (C=N–C) groups is 5. The van der Waals surface area contributed by atoms with Gasteiger partial charge in [0.1, 0.15) is 159 Å². The minimum absolute atomic E-state index is 0.0457. The van der Waals surface area contributed by atoms with Crippen molar-refractivity contribution in [1.29, 1.82) is 10.8 Å². The predicted molar refractivity (Wildman–Crippen MR) is 340 cm³/mol. The summed E-state index contributed by atoms with van der Waals surface area (Å²) in [5, 5.41) is 172. The molecule has 21 fully saturated rings. The molecular weight excluding hydrogens is 1360 g/mol. The SMILES string of the molecule is C=CCOC1C2OC(CCC(=N)N)C(OC3OC(CN=C(N)N)C(OC4OC(CN=C(N)N)C(OC5OC(CN=C(C)N)C(OC6OC(CCC(=N)N)C(OC7OC(CN=C(N)N)C(OC8OC(CN=C(N)N)C(O2)C(O)C8O)C(O)C7O)C(O)C6O)C(O)C5O)C(O)C4O)C(O)C3O)C1O. The second-order valence-electron chi connectivity index (χ2n) is 25.1. The smallest absolute Gasteiger partial charge is 0.187 e. The van der Waals surface area contributed by atoms with E-state index in [4.69, 9.17) is 145 Å². The molecule has 21 aliphatic heterocycles. The highest BCUT2D eigenvalue weighted by Gasteiger charge is 2.60. The molecule has 46 nitrogen and oxygen atoms in total. The van der Waals surface area contributed by atoms with Crippen LogP contribution in [0.2, 0.25) is 0 Å². The summed E-state index contributed by atoms with van der Waals surface area (Å²) in [6, 6.07) is 0. The third kappa shape index (κ3) is 19.7. The molecule has 0 amide bonds. The number of aliphatic hydroxyl groups excluding tert-OH is 13. The number of hydrogen-bond donors (Lipinski definition) is 26. The molecule has 21 heterocycles. The normalized spacial score (nSPS) is 44.7. The Hall–Kier alpha value is -5.89. The summed E-state index contributed by atoms with van der Waals surface area (Å²) >= 11 is 0. The van der Waals surface area contributed by atoms with Crippen LogP contribution in [-0.4, -0.2) is 362 Å². The number of hydrogen-bond acceptors (Lipinski definition) is 35. The van der Waals surface area contributed by atoms with E-state index in [1.807, 2.05) is 0 Å². The van der Waals surface area contributed by atoms with Crippen molar-refractivity contribution in [3.8, 4) is 0 Å². The minimum atomic E-state index is -2.23. The van der Waals surface area contributed by atoms with Crippen LogP contribution in [-0.2, 0) is 71.1 Å². The lowest BCUT2D eigenvalue weighted by molar-refractivity contribution is -0.393. The van der Waals surface area contributed by atoms with E-state index in [2.05, 4.69) is 31.5 Å². The number of aliphatic hydroxyl groups is 13. The number of nitrogens with two attached hydrogens (primary N) is 11. The van der Waals surface area contributed by atoms with Crippen LogP contribution in [0.15, 0.2) is 37.6 Å². The summed E-state index contributed by atoms with van der Waals surface area (Å²) in [6.45, 7) is 1.70. The molecule has 46 heteroatoms. The predicted octanol–water partition coefficient (Wildman–Crippen LogP) is -15.1. The molecule has 37 N–H and O–H groups in total. The van der Waals surface area contributed by atoms with Crippen LogP contribution in [0.4, 0.5) is 0 Å². The fourth-order valence-corrected chi connectivity index (χ4v) is 12.5. The quantitative estimate of drug-likeness (QED) is 0.0324. The van der Waals surface area contributed by atoms with Crippen molar-refractivity contribution in [3.63, 3.8) is 0 Å². The molecule has 0 aromatic carbocycles. The molecule has 0 aromatic heterocycles. The number of amidine groups is 3. The van der Waals surface area contributed by atoms with E-state index in [1.54, 1.807) is 0 Å². The first kappa shape index (κ1) is 80.8. The summed E-state index contributed by atoms with van der Waals surface area (Å²) < 4.78 is 93.0. The number of rotatable bonds is 19. The largest absolute Gasteiger partial charge is 0.388 e. The van der Waals surface area contributed by atoms with E-state index >= 15 is 0 Å². The fourth-order valence-electron chi connectivity index (χ4n) is 12.5. The average Bonchev–Trinajstić information content (AvgIpc) is 0.782. The molecule has 0 radical (unpaired) electrons. The average molecular weight is 1460 g/mol. The lowest BCUT2D eigenvalue weighted by Gasteiger charge is -2.50. The monoisotopic (exact) mass is 1460 g/mol. The Bertz CT molecular complexity index is 2870. The maximum absolute atomic E-state index is 12.5. The first-order valence-corrected chi connectivity index (χ1v) is 32.1. The first-order valence-electron chi connectivity index (χ1n) is 32.1. The van der Waals surface area contributed by atoms with E-state index in [-0.39, 0.29) is 38.1 Å². The Morgan fingerprint density at radius 1 is 0.327 bits per heavy atom. The van der Waals surface area contributed by atoms with Crippen molar-refractivity contribution in [2.45, 2.75) is 248 Å². The molecule has 14 bridgehead atoms. The molecule has 0 aliphatic carbocycles. The fraction of sp³-hybridized carbons (Fsp3) is 0.836. The Kier molecular flexibility index (Phi) is 28.6. The summed E-state index contributed by atoms with van der Waals surface area (Å²) in [7, 11) is 0. The molecule has 0 aromatic rings. The maximum atomic E-state index is 12.5.